The minimum absolute atomic E-state index is 0.0272. The zero-order chi connectivity index (χ0) is 24.6. The number of nitrogens with one attached hydrogen (secondary N) is 1. The van der Waals surface area contributed by atoms with Gasteiger partial charge in [-0.3, -0.25) is 0 Å². The molecule has 3 aromatic carbocycles. The van der Waals surface area contributed by atoms with E-state index < -0.39 is 8.32 Å². The Bertz CT molecular complexity index is 1110. The zero-order valence-corrected chi connectivity index (χ0v) is 22.8. The van der Waals surface area contributed by atoms with E-state index in [-0.39, 0.29) is 17.2 Å². The summed E-state index contributed by atoms with van der Waals surface area (Å²) in [5.74, 6) is 2.50. The molecule has 0 radical (unpaired) electrons. The maximum atomic E-state index is 7.50. The van der Waals surface area contributed by atoms with Gasteiger partial charge in [0.25, 0.3) is 13.5 Å². The molecular formula is C30H35NO2SSi. The van der Waals surface area contributed by atoms with E-state index in [1.807, 2.05) is 30.3 Å². The summed E-state index contributed by atoms with van der Waals surface area (Å²) in [6, 6.07) is 31.9. The van der Waals surface area contributed by atoms with Gasteiger partial charge in [0.1, 0.15) is 5.75 Å². The van der Waals surface area contributed by atoms with Gasteiger partial charge in [0.05, 0.1) is 6.10 Å². The molecule has 0 aromatic heterocycles. The van der Waals surface area contributed by atoms with Crippen molar-refractivity contribution < 1.29 is 9.16 Å². The van der Waals surface area contributed by atoms with E-state index in [1.54, 1.807) is 0 Å². The molecule has 0 amide bonds. The molecule has 2 fully saturated rings. The molecule has 3 aromatic rings. The highest BCUT2D eigenvalue weighted by Gasteiger charge is 2.64. The van der Waals surface area contributed by atoms with Gasteiger partial charge in [0.2, 0.25) is 0 Å². The van der Waals surface area contributed by atoms with Gasteiger partial charge >= 0.3 is 0 Å². The maximum Gasteiger partial charge on any atom is 0.262 e. The first kappa shape index (κ1) is 24.2. The Hall–Kier alpha value is -2.47. The van der Waals surface area contributed by atoms with E-state index >= 15 is 0 Å². The second kappa shape index (κ2) is 9.53. The Balaban J connectivity index is 1.42. The number of rotatable bonds is 6. The van der Waals surface area contributed by atoms with E-state index in [4.69, 9.17) is 21.4 Å². The Labute approximate surface area is 216 Å². The van der Waals surface area contributed by atoms with E-state index in [0.717, 1.165) is 12.2 Å². The highest BCUT2D eigenvalue weighted by Crippen LogP contribution is 2.59. The fourth-order valence-corrected chi connectivity index (χ4v) is 11.3. The minimum Gasteiger partial charge on any atom is -0.432 e. The van der Waals surface area contributed by atoms with Crippen LogP contribution in [0.25, 0.3) is 0 Å². The second-order valence-corrected chi connectivity index (χ2v) is 15.6. The van der Waals surface area contributed by atoms with Gasteiger partial charge < -0.3 is 14.5 Å². The molecule has 5 rings (SSSR count). The van der Waals surface area contributed by atoms with Crippen LogP contribution < -0.4 is 20.4 Å². The van der Waals surface area contributed by atoms with Gasteiger partial charge in [0.15, 0.2) is 0 Å². The normalized spacial score (nSPS) is 25.5. The van der Waals surface area contributed by atoms with Crippen LogP contribution in [0.3, 0.4) is 0 Å². The highest BCUT2D eigenvalue weighted by atomic mass is 32.1. The molecule has 0 aliphatic heterocycles. The number of thiocarbonyl (C=S) groups is 1. The lowest BCUT2D eigenvalue weighted by molar-refractivity contribution is 0.160. The van der Waals surface area contributed by atoms with Crippen molar-refractivity contribution in [3.63, 3.8) is 0 Å². The Morgan fingerprint density at radius 2 is 1.34 bits per heavy atom. The number of hydrogen-bond acceptors (Lipinski definition) is 3. The Kier molecular flexibility index (Phi) is 6.60. The van der Waals surface area contributed by atoms with Crippen LogP contribution in [0.5, 0.6) is 5.75 Å². The third-order valence-electron chi connectivity index (χ3n) is 7.90. The fourth-order valence-electron chi connectivity index (χ4n) is 6.29. The van der Waals surface area contributed by atoms with E-state index in [1.165, 1.54) is 10.4 Å². The molecule has 2 saturated carbocycles. The average molecular weight is 502 g/mol. The predicted octanol–water partition coefficient (Wildman–Crippen LogP) is 5.54. The fraction of sp³-hybridized carbons (Fsp3) is 0.367. The smallest absolute Gasteiger partial charge is 0.262 e. The van der Waals surface area contributed by atoms with Crippen molar-refractivity contribution in [3.8, 4) is 5.75 Å². The molecule has 0 bridgehead atoms. The molecule has 0 spiro atoms. The van der Waals surface area contributed by atoms with Crippen LogP contribution in [0.2, 0.25) is 5.04 Å². The number of para-hydroxylation sites is 1. The molecule has 2 aliphatic rings. The molecule has 5 atom stereocenters. The molecule has 2 aliphatic carbocycles. The van der Waals surface area contributed by atoms with Gasteiger partial charge in [0, 0.05) is 6.04 Å². The molecule has 3 nitrogen and oxygen atoms in total. The van der Waals surface area contributed by atoms with Crippen LogP contribution in [0, 0.1) is 17.8 Å². The van der Waals surface area contributed by atoms with Crippen LogP contribution in [0.15, 0.2) is 91.0 Å². The number of hydrogen-bond donors (Lipinski definition) is 1. The Morgan fingerprint density at radius 1 is 0.829 bits per heavy atom. The van der Waals surface area contributed by atoms with Gasteiger partial charge in [-0.25, -0.2) is 0 Å². The molecule has 182 valence electrons. The number of benzene rings is 3. The summed E-state index contributed by atoms with van der Waals surface area (Å²) < 4.78 is 13.4. The number of fused-ring (bicyclic) bond motifs is 1. The van der Waals surface area contributed by atoms with Gasteiger partial charge in [-0.15, -0.1) is 0 Å². The largest absolute Gasteiger partial charge is 0.432 e. The van der Waals surface area contributed by atoms with Crippen molar-refractivity contribution in [1.82, 2.24) is 5.32 Å². The molecule has 2 unspecified atom stereocenters. The van der Waals surface area contributed by atoms with Crippen molar-refractivity contribution >= 4 is 36.1 Å². The van der Waals surface area contributed by atoms with Crippen LogP contribution in [0.4, 0.5) is 0 Å². The molecule has 0 saturated heterocycles. The van der Waals surface area contributed by atoms with Crippen molar-refractivity contribution in [2.24, 2.45) is 17.8 Å². The lowest BCUT2D eigenvalue weighted by Gasteiger charge is -2.45. The van der Waals surface area contributed by atoms with Crippen molar-refractivity contribution in [1.29, 1.82) is 0 Å². The first-order valence-electron chi connectivity index (χ1n) is 12.6. The summed E-state index contributed by atoms with van der Waals surface area (Å²) in [6.07, 6.45) is 1.14. The van der Waals surface area contributed by atoms with Crippen molar-refractivity contribution in [2.75, 3.05) is 0 Å². The van der Waals surface area contributed by atoms with Crippen LogP contribution in [-0.2, 0) is 4.43 Å². The third kappa shape index (κ3) is 4.57. The van der Waals surface area contributed by atoms with Crippen LogP contribution >= 0.6 is 12.2 Å². The van der Waals surface area contributed by atoms with Gasteiger partial charge in [-0.05, 0) is 63.9 Å². The van der Waals surface area contributed by atoms with Crippen LogP contribution in [-0.4, -0.2) is 25.6 Å². The summed E-state index contributed by atoms with van der Waals surface area (Å²) in [7, 11) is -2.58. The zero-order valence-electron chi connectivity index (χ0n) is 21.0. The highest BCUT2D eigenvalue weighted by molar-refractivity contribution is 7.80. The lowest BCUT2D eigenvalue weighted by atomic mass is 10.1. The predicted molar refractivity (Wildman–Crippen MR) is 150 cm³/mol. The van der Waals surface area contributed by atoms with Crippen LogP contribution in [0.1, 0.15) is 34.1 Å². The van der Waals surface area contributed by atoms with E-state index in [2.05, 4.69) is 93.7 Å². The Morgan fingerprint density at radius 3 is 1.86 bits per heavy atom. The summed E-state index contributed by atoms with van der Waals surface area (Å²) >= 11 is 5.58. The van der Waals surface area contributed by atoms with Gasteiger partial charge in [-0.1, -0.05) is 107 Å². The maximum absolute atomic E-state index is 7.50. The summed E-state index contributed by atoms with van der Waals surface area (Å²) in [5, 5.41) is 6.62. The SMILES string of the molecule is CC1C2[C@@H]1[C@@H](NC(=S)Oc1ccccc1)C[C@H]2O[Si](c1ccccc1)(c1ccccc1)C(C)(C)C. The monoisotopic (exact) mass is 501 g/mol. The van der Waals surface area contributed by atoms with E-state index in [9.17, 15) is 0 Å². The summed E-state index contributed by atoms with van der Waals surface area (Å²) in [5.41, 5.74) is 0. The third-order valence-corrected chi connectivity index (χ3v) is 13.2. The van der Waals surface area contributed by atoms with Gasteiger partial charge in [-0.2, -0.15) is 0 Å². The molecule has 5 heteroatoms. The van der Waals surface area contributed by atoms with Crippen molar-refractivity contribution in [3.05, 3.63) is 91.0 Å². The quantitative estimate of drug-likeness (QED) is 0.355. The molecular weight excluding hydrogens is 466 g/mol. The lowest BCUT2D eigenvalue weighted by Crippen LogP contribution is -2.67. The first-order chi connectivity index (χ1) is 16.8. The summed E-state index contributed by atoms with van der Waals surface area (Å²) in [6.45, 7) is 9.40. The second-order valence-electron chi connectivity index (χ2n) is 11.0. The molecule has 35 heavy (non-hydrogen) atoms. The first-order valence-corrected chi connectivity index (χ1v) is 14.9. The molecule has 1 N–H and O–H groups in total. The standard InChI is InChI=1S/C30H35NO2SSi/c1-21-27-25(31-29(34)32-22-14-8-5-9-15-22)20-26(28(21)27)33-35(30(2,3)4,23-16-10-6-11-17-23)24-18-12-7-13-19-24/h5-19,21,25-28H,20H2,1-4H3,(H,31,34)/t21?,25-,26+,27-,28?/m0/s1. The minimum atomic E-state index is -2.58. The molecule has 0 heterocycles. The van der Waals surface area contributed by atoms with Crippen molar-refractivity contribution in [2.45, 2.75) is 51.3 Å². The summed E-state index contributed by atoms with van der Waals surface area (Å²) in [4.78, 5) is 0. The average Bonchev–Trinajstić information content (AvgIpc) is 3.38. The number of ether oxygens (including phenoxy) is 1. The van der Waals surface area contributed by atoms with E-state index in [0.29, 0.717) is 22.9 Å². The topological polar surface area (TPSA) is 30.5 Å².